The summed E-state index contributed by atoms with van der Waals surface area (Å²) >= 11 is 0. The summed E-state index contributed by atoms with van der Waals surface area (Å²) in [5, 5.41) is 3.39. The molecule has 0 aliphatic heterocycles. The Kier molecular flexibility index (Phi) is 7.20. The van der Waals surface area contributed by atoms with Gasteiger partial charge in [-0.05, 0) is 42.5 Å². The first-order valence-corrected chi connectivity index (χ1v) is 7.86. The Bertz CT molecular complexity index is 424. The van der Waals surface area contributed by atoms with Crippen molar-refractivity contribution in [2.45, 2.75) is 52.6 Å². The van der Waals surface area contributed by atoms with Crippen LogP contribution in [-0.2, 0) is 10.2 Å². The highest BCUT2D eigenvalue weighted by molar-refractivity contribution is 5.38. The fourth-order valence-corrected chi connectivity index (χ4v) is 2.19. The lowest BCUT2D eigenvalue weighted by Crippen LogP contribution is -2.35. The van der Waals surface area contributed by atoms with Crippen molar-refractivity contribution in [3.05, 3.63) is 29.3 Å². The van der Waals surface area contributed by atoms with E-state index >= 15 is 0 Å². The van der Waals surface area contributed by atoms with Crippen LogP contribution in [0.4, 0.5) is 0 Å². The molecule has 0 spiro atoms. The van der Waals surface area contributed by atoms with Gasteiger partial charge < -0.3 is 14.8 Å². The maximum atomic E-state index is 6.11. The standard InChI is InChI=1S/C18H31NO2/c1-7-10-19-12-16(13-20-6)21-17-9-8-15(11-14(17)2)18(3,4)5/h8-9,11,16,19H,7,10,12-13H2,1-6H3. The van der Waals surface area contributed by atoms with E-state index in [1.165, 1.54) is 11.1 Å². The number of methoxy groups -OCH3 is 1. The summed E-state index contributed by atoms with van der Waals surface area (Å²) in [5.41, 5.74) is 2.68. The van der Waals surface area contributed by atoms with Gasteiger partial charge in [0.25, 0.3) is 0 Å². The van der Waals surface area contributed by atoms with Gasteiger partial charge >= 0.3 is 0 Å². The van der Waals surface area contributed by atoms with Gasteiger partial charge in [0.15, 0.2) is 0 Å². The van der Waals surface area contributed by atoms with Gasteiger partial charge in [0.05, 0.1) is 6.61 Å². The van der Waals surface area contributed by atoms with Gasteiger partial charge in [-0.25, -0.2) is 0 Å². The molecule has 120 valence electrons. The molecule has 0 fully saturated rings. The number of aryl methyl sites for hydroxylation is 1. The number of hydrogen-bond donors (Lipinski definition) is 1. The van der Waals surface area contributed by atoms with Crippen molar-refractivity contribution in [1.29, 1.82) is 0 Å². The molecule has 1 rings (SSSR count). The first kappa shape index (κ1) is 18.0. The second-order valence-electron chi connectivity index (χ2n) is 6.63. The number of rotatable bonds is 8. The van der Waals surface area contributed by atoms with Crippen LogP contribution in [0.1, 0.15) is 45.2 Å². The third-order valence-electron chi connectivity index (χ3n) is 3.49. The van der Waals surface area contributed by atoms with Crippen LogP contribution in [0.5, 0.6) is 5.75 Å². The molecular weight excluding hydrogens is 262 g/mol. The molecule has 0 saturated carbocycles. The smallest absolute Gasteiger partial charge is 0.134 e. The average molecular weight is 293 g/mol. The van der Waals surface area contributed by atoms with Crippen molar-refractivity contribution in [2.75, 3.05) is 26.8 Å². The molecular formula is C18H31NO2. The van der Waals surface area contributed by atoms with Crippen LogP contribution in [-0.4, -0.2) is 32.9 Å². The highest BCUT2D eigenvalue weighted by Gasteiger charge is 2.16. The number of nitrogens with one attached hydrogen (secondary N) is 1. The molecule has 0 aliphatic rings. The van der Waals surface area contributed by atoms with Crippen LogP contribution >= 0.6 is 0 Å². The molecule has 1 aromatic carbocycles. The zero-order chi connectivity index (χ0) is 15.9. The maximum absolute atomic E-state index is 6.11. The molecule has 0 radical (unpaired) electrons. The Balaban J connectivity index is 2.74. The zero-order valence-corrected chi connectivity index (χ0v) is 14.5. The summed E-state index contributed by atoms with van der Waals surface area (Å²) in [7, 11) is 1.71. The molecule has 1 atom stereocenters. The van der Waals surface area contributed by atoms with Gasteiger partial charge in [-0.3, -0.25) is 0 Å². The van der Waals surface area contributed by atoms with Gasteiger partial charge in [0.1, 0.15) is 11.9 Å². The van der Waals surface area contributed by atoms with Crippen molar-refractivity contribution < 1.29 is 9.47 Å². The Labute approximate surface area is 130 Å². The molecule has 21 heavy (non-hydrogen) atoms. The molecule has 0 bridgehead atoms. The first-order valence-electron chi connectivity index (χ1n) is 7.86. The van der Waals surface area contributed by atoms with E-state index in [-0.39, 0.29) is 11.5 Å². The molecule has 1 unspecified atom stereocenters. The Morgan fingerprint density at radius 3 is 2.48 bits per heavy atom. The summed E-state index contributed by atoms with van der Waals surface area (Å²) in [5.74, 6) is 0.948. The quantitative estimate of drug-likeness (QED) is 0.742. The second-order valence-corrected chi connectivity index (χ2v) is 6.63. The van der Waals surface area contributed by atoms with Crippen LogP contribution in [0.15, 0.2) is 18.2 Å². The molecule has 0 saturated heterocycles. The van der Waals surface area contributed by atoms with Crippen LogP contribution in [0, 0.1) is 6.92 Å². The largest absolute Gasteiger partial charge is 0.486 e. The van der Waals surface area contributed by atoms with Crippen molar-refractivity contribution >= 4 is 0 Å². The van der Waals surface area contributed by atoms with Gasteiger partial charge in [-0.2, -0.15) is 0 Å². The number of ether oxygens (including phenoxy) is 2. The van der Waals surface area contributed by atoms with Gasteiger partial charge in [-0.1, -0.05) is 39.8 Å². The molecule has 3 nitrogen and oxygen atoms in total. The van der Waals surface area contributed by atoms with Gasteiger partial charge in [-0.15, -0.1) is 0 Å². The Morgan fingerprint density at radius 2 is 1.95 bits per heavy atom. The lowest BCUT2D eigenvalue weighted by molar-refractivity contribution is 0.0802. The van der Waals surface area contributed by atoms with E-state index in [4.69, 9.17) is 9.47 Å². The molecule has 0 aromatic heterocycles. The molecule has 0 aliphatic carbocycles. The third-order valence-corrected chi connectivity index (χ3v) is 3.49. The summed E-state index contributed by atoms with van der Waals surface area (Å²) < 4.78 is 11.4. The first-order chi connectivity index (χ1) is 9.88. The average Bonchev–Trinajstić information content (AvgIpc) is 2.40. The molecule has 0 heterocycles. The van der Waals surface area contributed by atoms with E-state index in [2.05, 4.69) is 58.1 Å². The monoisotopic (exact) mass is 293 g/mol. The lowest BCUT2D eigenvalue weighted by Gasteiger charge is -2.23. The maximum Gasteiger partial charge on any atom is 0.134 e. The topological polar surface area (TPSA) is 30.5 Å². The summed E-state index contributed by atoms with van der Waals surface area (Å²) in [6, 6.07) is 6.46. The van der Waals surface area contributed by atoms with Crippen LogP contribution in [0.25, 0.3) is 0 Å². The van der Waals surface area contributed by atoms with Crippen LogP contribution in [0.2, 0.25) is 0 Å². The highest BCUT2D eigenvalue weighted by atomic mass is 16.5. The normalized spacial score (nSPS) is 13.2. The zero-order valence-electron chi connectivity index (χ0n) is 14.5. The fraction of sp³-hybridized carbons (Fsp3) is 0.667. The molecule has 1 aromatic rings. The van der Waals surface area contributed by atoms with Crippen LogP contribution < -0.4 is 10.1 Å². The van der Waals surface area contributed by atoms with E-state index < -0.39 is 0 Å². The van der Waals surface area contributed by atoms with Gasteiger partial charge in [0.2, 0.25) is 0 Å². The van der Waals surface area contributed by atoms with E-state index in [1.54, 1.807) is 7.11 Å². The molecule has 1 N–H and O–H groups in total. The highest BCUT2D eigenvalue weighted by Crippen LogP contribution is 2.28. The predicted octanol–water partition coefficient (Wildman–Crippen LogP) is 3.69. The summed E-state index contributed by atoms with van der Waals surface area (Å²) in [4.78, 5) is 0. The SMILES string of the molecule is CCCNCC(COC)Oc1ccc(C(C)(C)C)cc1C. The number of hydrogen-bond acceptors (Lipinski definition) is 3. The van der Waals surface area contributed by atoms with E-state index in [0.29, 0.717) is 6.61 Å². The lowest BCUT2D eigenvalue weighted by atomic mass is 9.86. The Morgan fingerprint density at radius 1 is 1.24 bits per heavy atom. The minimum atomic E-state index is 0.0423. The van der Waals surface area contributed by atoms with E-state index in [9.17, 15) is 0 Å². The minimum Gasteiger partial charge on any atom is -0.486 e. The minimum absolute atomic E-state index is 0.0423. The second kappa shape index (κ2) is 8.40. The van der Waals surface area contributed by atoms with Crippen LogP contribution in [0.3, 0.4) is 0 Å². The van der Waals surface area contributed by atoms with Gasteiger partial charge in [0, 0.05) is 13.7 Å². The third kappa shape index (κ3) is 6.06. The number of benzene rings is 1. The van der Waals surface area contributed by atoms with Crippen molar-refractivity contribution in [3.63, 3.8) is 0 Å². The van der Waals surface area contributed by atoms with Crippen molar-refractivity contribution in [3.8, 4) is 5.75 Å². The summed E-state index contributed by atoms with van der Waals surface area (Å²) in [6.45, 7) is 13.4. The predicted molar refractivity (Wildman–Crippen MR) is 89.3 cm³/mol. The molecule has 3 heteroatoms. The Hall–Kier alpha value is -1.06. The summed E-state index contributed by atoms with van der Waals surface area (Å²) in [6.07, 6.45) is 1.17. The fourth-order valence-electron chi connectivity index (χ4n) is 2.19. The van der Waals surface area contributed by atoms with Crippen molar-refractivity contribution in [2.24, 2.45) is 0 Å². The van der Waals surface area contributed by atoms with E-state index in [1.807, 2.05) is 0 Å². The van der Waals surface area contributed by atoms with E-state index in [0.717, 1.165) is 25.3 Å². The van der Waals surface area contributed by atoms with Crippen molar-refractivity contribution in [1.82, 2.24) is 5.32 Å². The molecule has 0 amide bonds.